The molecule has 2 amide bonds. The maximum atomic E-state index is 12.3. The molecule has 0 radical (unpaired) electrons. The number of aromatic amines is 1. The van der Waals surface area contributed by atoms with Gasteiger partial charge in [0.2, 0.25) is 15.9 Å². The summed E-state index contributed by atoms with van der Waals surface area (Å²) in [5, 5.41) is 6.28. The van der Waals surface area contributed by atoms with Crippen molar-refractivity contribution in [1.82, 2.24) is 15.0 Å². The van der Waals surface area contributed by atoms with Crippen LogP contribution in [0.1, 0.15) is 31.1 Å². The van der Waals surface area contributed by atoms with Crippen molar-refractivity contribution in [3.8, 4) is 0 Å². The van der Waals surface area contributed by atoms with Crippen molar-refractivity contribution in [2.24, 2.45) is 0 Å². The largest absolute Gasteiger partial charge is 0.361 e. The summed E-state index contributed by atoms with van der Waals surface area (Å²) < 4.78 is 27.2. The van der Waals surface area contributed by atoms with E-state index in [1.807, 2.05) is 18.3 Å². The van der Waals surface area contributed by atoms with Gasteiger partial charge in [-0.3, -0.25) is 9.59 Å². The molecule has 0 fully saturated rings. The zero-order valence-electron chi connectivity index (χ0n) is 16.9. The Morgan fingerprint density at radius 2 is 1.70 bits per heavy atom. The van der Waals surface area contributed by atoms with Crippen LogP contribution in [0.4, 0.5) is 5.69 Å². The van der Waals surface area contributed by atoms with Crippen molar-refractivity contribution >= 4 is 38.4 Å². The van der Waals surface area contributed by atoms with Crippen molar-refractivity contribution in [3.63, 3.8) is 0 Å². The predicted octanol–water partition coefficient (Wildman–Crippen LogP) is 2.61. The third-order valence-corrected chi connectivity index (χ3v) is 5.89. The first-order valence-electron chi connectivity index (χ1n) is 9.33. The van der Waals surface area contributed by atoms with Crippen LogP contribution >= 0.6 is 0 Å². The van der Waals surface area contributed by atoms with E-state index < -0.39 is 21.5 Å². The van der Waals surface area contributed by atoms with Crippen LogP contribution in [0.3, 0.4) is 0 Å². The fourth-order valence-corrected chi connectivity index (χ4v) is 4.26. The lowest BCUT2D eigenvalue weighted by Crippen LogP contribution is -2.40. The second-order valence-electron chi connectivity index (χ2n) is 7.89. The first-order valence-corrected chi connectivity index (χ1v) is 10.8. The van der Waals surface area contributed by atoms with Gasteiger partial charge in [-0.05, 0) is 68.6 Å². The van der Waals surface area contributed by atoms with Gasteiger partial charge in [-0.25, -0.2) is 13.1 Å². The molecule has 0 spiro atoms. The Morgan fingerprint density at radius 1 is 1.00 bits per heavy atom. The molecule has 9 heteroatoms. The highest BCUT2D eigenvalue weighted by Gasteiger charge is 2.22. The van der Waals surface area contributed by atoms with E-state index in [-0.39, 0.29) is 22.9 Å². The highest BCUT2D eigenvalue weighted by atomic mass is 32.2. The van der Waals surface area contributed by atoms with Gasteiger partial charge < -0.3 is 15.6 Å². The minimum Gasteiger partial charge on any atom is -0.361 e. The molecule has 8 nitrogen and oxygen atoms in total. The molecule has 4 N–H and O–H groups in total. The first-order chi connectivity index (χ1) is 14.0. The van der Waals surface area contributed by atoms with Gasteiger partial charge in [-0.2, -0.15) is 0 Å². The van der Waals surface area contributed by atoms with Crippen LogP contribution in [-0.4, -0.2) is 37.3 Å². The molecule has 0 bridgehead atoms. The summed E-state index contributed by atoms with van der Waals surface area (Å²) >= 11 is 0. The Bertz CT molecular complexity index is 1180. The summed E-state index contributed by atoms with van der Waals surface area (Å²) in [6.45, 7) is 5.02. The fraction of sp³-hybridized carbons (Fsp3) is 0.238. The number of amides is 2. The molecule has 2 aromatic carbocycles. The molecule has 0 atom stereocenters. The van der Waals surface area contributed by atoms with Crippen molar-refractivity contribution in [1.29, 1.82) is 0 Å². The number of aromatic nitrogens is 1. The molecule has 30 heavy (non-hydrogen) atoms. The van der Waals surface area contributed by atoms with Gasteiger partial charge in [0.05, 0.1) is 11.4 Å². The van der Waals surface area contributed by atoms with Crippen LogP contribution in [0.2, 0.25) is 0 Å². The second kappa shape index (κ2) is 8.29. The van der Waals surface area contributed by atoms with Crippen LogP contribution in [0.5, 0.6) is 0 Å². The van der Waals surface area contributed by atoms with Gasteiger partial charge in [0, 0.05) is 28.5 Å². The second-order valence-corrected chi connectivity index (χ2v) is 9.57. The molecular weight excluding hydrogens is 404 g/mol. The molecule has 0 saturated carbocycles. The smallest absolute Gasteiger partial charge is 0.251 e. The number of carbonyl (C=O) groups is 2. The number of anilines is 1. The Hall–Kier alpha value is -3.17. The van der Waals surface area contributed by atoms with Gasteiger partial charge in [0.15, 0.2) is 0 Å². The Morgan fingerprint density at radius 3 is 2.37 bits per heavy atom. The number of hydrogen-bond donors (Lipinski definition) is 4. The maximum absolute atomic E-state index is 12.3. The molecule has 158 valence electrons. The van der Waals surface area contributed by atoms with Gasteiger partial charge >= 0.3 is 0 Å². The lowest BCUT2D eigenvalue weighted by molar-refractivity contribution is -0.115. The minimum absolute atomic E-state index is 0.0615. The van der Waals surface area contributed by atoms with Crippen LogP contribution in [0.25, 0.3) is 10.9 Å². The predicted molar refractivity (Wildman–Crippen MR) is 116 cm³/mol. The number of sulfonamides is 1. The molecule has 0 saturated heterocycles. The third-order valence-electron chi connectivity index (χ3n) is 4.12. The topological polar surface area (TPSA) is 120 Å². The zero-order valence-corrected chi connectivity index (χ0v) is 17.8. The van der Waals surface area contributed by atoms with Gasteiger partial charge in [-0.1, -0.05) is 6.07 Å². The number of hydrogen-bond acceptors (Lipinski definition) is 4. The summed E-state index contributed by atoms with van der Waals surface area (Å²) in [7, 11) is -3.68. The van der Waals surface area contributed by atoms with E-state index >= 15 is 0 Å². The summed E-state index contributed by atoms with van der Waals surface area (Å²) in [6.07, 6.45) is 1.81. The highest BCUT2D eigenvalue weighted by Crippen LogP contribution is 2.17. The number of rotatable bonds is 6. The Kier molecular flexibility index (Phi) is 5.95. The number of benzene rings is 2. The van der Waals surface area contributed by atoms with E-state index in [0.717, 1.165) is 10.9 Å². The lowest BCUT2D eigenvalue weighted by Gasteiger charge is -2.20. The maximum Gasteiger partial charge on any atom is 0.251 e. The monoisotopic (exact) mass is 428 g/mol. The molecule has 3 aromatic rings. The van der Waals surface area contributed by atoms with Crippen molar-refractivity contribution < 1.29 is 18.0 Å². The molecule has 3 rings (SSSR count). The summed E-state index contributed by atoms with van der Waals surface area (Å²) in [5.74, 6) is -0.847. The number of fused-ring (bicyclic) bond motifs is 1. The van der Waals surface area contributed by atoms with E-state index in [1.54, 1.807) is 32.9 Å². The van der Waals surface area contributed by atoms with Crippen LogP contribution in [-0.2, 0) is 14.8 Å². The van der Waals surface area contributed by atoms with Crippen molar-refractivity contribution in [2.45, 2.75) is 31.2 Å². The van der Waals surface area contributed by atoms with Crippen molar-refractivity contribution in [3.05, 3.63) is 60.3 Å². The van der Waals surface area contributed by atoms with Crippen LogP contribution in [0, 0.1) is 0 Å². The molecule has 0 unspecified atom stereocenters. The Labute approximate surface area is 175 Å². The van der Waals surface area contributed by atoms with E-state index in [4.69, 9.17) is 0 Å². The minimum atomic E-state index is -3.68. The van der Waals surface area contributed by atoms with E-state index in [9.17, 15) is 18.0 Å². The van der Waals surface area contributed by atoms with Crippen molar-refractivity contribution in [2.75, 3.05) is 11.9 Å². The molecule has 1 aromatic heterocycles. The van der Waals surface area contributed by atoms with Crippen LogP contribution < -0.4 is 15.4 Å². The van der Waals surface area contributed by atoms with Gasteiger partial charge in [-0.15, -0.1) is 0 Å². The first kappa shape index (κ1) is 21.5. The molecule has 0 aliphatic rings. The number of carbonyl (C=O) groups excluding carboxylic acids is 2. The average molecular weight is 429 g/mol. The highest BCUT2D eigenvalue weighted by molar-refractivity contribution is 7.89. The standard InChI is InChI=1S/C21H24N4O4S/c1-21(2,3)25-30(28,29)17-8-5-15(6-9-17)20(27)23-13-19(26)24-16-7-4-14-10-11-22-18(14)12-16/h4-12,22,25H,13H2,1-3H3,(H,23,27)(H,24,26). The van der Waals surface area contributed by atoms with E-state index in [0.29, 0.717) is 5.69 Å². The van der Waals surface area contributed by atoms with E-state index in [2.05, 4.69) is 20.3 Å². The third kappa shape index (κ3) is 5.46. The Balaban J connectivity index is 1.57. The average Bonchev–Trinajstić information content (AvgIpc) is 3.12. The zero-order chi connectivity index (χ0) is 21.9. The lowest BCUT2D eigenvalue weighted by atomic mass is 10.1. The van der Waals surface area contributed by atoms with E-state index in [1.165, 1.54) is 24.3 Å². The summed E-state index contributed by atoms with van der Waals surface area (Å²) in [4.78, 5) is 27.5. The molecule has 0 aliphatic heterocycles. The summed E-state index contributed by atoms with van der Waals surface area (Å²) in [5.41, 5.74) is 1.15. The molecule has 1 heterocycles. The molecular formula is C21H24N4O4S. The SMILES string of the molecule is CC(C)(C)NS(=O)(=O)c1ccc(C(=O)NCC(=O)Nc2ccc3cc[nH]c3c2)cc1. The van der Waals surface area contributed by atoms with Gasteiger partial charge in [0.1, 0.15) is 0 Å². The normalized spacial score (nSPS) is 12.0. The fourth-order valence-electron chi connectivity index (χ4n) is 2.84. The number of H-pyrrole nitrogens is 1. The quantitative estimate of drug-likeness (QED) is 0.482. The summed E-state index contributed by atoms with van der Waals surface area (Å²) in [6, 6.07) is 12.9. The van der Waals surface area contributed by atoms with Crippen LogP contribution in [0.15, 0.2) is 59.6 Å². The number of nitrogens with one attached hydrogen (secondary N) is 4. The molecule has 0 aliphatic carbocycles. The van der Waals surface area contributed by atoms with Gasteiger partial charge in [0.25, 0.3) is 5.91 Å².